The van der Waals surface area contributed by atoms with Gasteiger partial charge in [-0.05, 0) is 73.5 Å². The zero-order valence-electron chi connectivity index (χ0n) is 18.1. The Bertz CT molecular complexity index is 909. The summed E-state index contributed by atoms with van der Waals surface area (Å²) in [5, 5.41) is 3.18. The second-order valence-electron chi connectivity index (χ2n) is 10.4. The molecule has 1 aliphatic heterocycles. The Balaban J connectivity index is 1.01. The first-order chi connectivity index (χ1) is 15.1. The molecule has 31 heavy (non-hydrogen) atoms. The summed E-state index contributed by atoms with van der Waals surface area (Å²) in [4.78, 5) is 27.0. The van der Waals surface area contributed by atoms with Crippen molar-refractivity contribution < 1.29 is 14.3 Å². The highest BCUT2D eigenvalue weighted by atomic mass is 16.5. The summed E-state index contributed by atoms with van der Waals surface area (Å²) in [6, 6.07) is 7.55. The molecule has 0 aromatic heterocycles. The summed E-state index contributed by atoms with van der Waals surface area (Å²) >= 11 is 0. The molecule has 5 heteroatoms. The first-order valence-electron chi connectivity index (χ1n) is 12.1. The maximum atomic E-state index is 12.8. The molecule has 2 bridgehead atoms. The quantitative estimate of drug-likeness (QED) is 0.712. The molecule has 0 unspecified atom stereocenters. The van der Waals surface area contributed by atoms with Crippen LogP contribution in [0.3, 0.4) is 0 Å². The van der Waals surface area contributed by atoms with E-state index < -0.39 is 0 Å². The summed E-state index contributed by atoms with van der Waals surface area (Å²) in [5.74, 6) is 3.37. The third kappa shape index (κ3) is 3.56. The van der Waals surface area contributed by atoms with Crippen molar-refractivity contribution in [3.63, 3.8) is 0 Å². The number of hydrogen-bond acceptors (Lipinski definition) is 3. The second kappa shape index (κ2) is 7.39. The zero-order valence-corrected chi connectivity index (χ0v) is 18.1. The predicted octanol–water partition coefficient (Wildman–Crippen LogP) is 3.80. The summed E-state index contributed by atoms with van der Waals surface area (Å²) < 4.78 is 6.18. The molecule has 1 spiro atoms. The molecule has 0 radical (unpaired) electrons. The zero-order chi connectivity index (χ0) is 21.0. The molecule has 1 N–H and O–H groups in total. The SMILES string of the molecule is O=C(NC[C@H]1C[C@H]2C=C[C@H]1C21CC1)c1cccc(OC2CCN(C(=O)C3CC3)CC2)c1. The lowest BCUT2D eigenvalue weighted by atomic mass is 9.89. The Hall–Kier alpha value is -2.30. The fraction of sp³-hybridized carbons (Fsp3) is 0.615. The standard InChI is InChI=1S/C26H32N2O3/c29-24(27-16-19-14-20-6-7-23(19)26(20)10-11-26)18-2-1-3-22(15-18)31-21-8-12-28(13-9-21)25(30)17-4-5-17/h1-3,6-7,15,17,19-21,23H,4-5,8-14,16H2,(H,27,29)/t19-,20-,23-/m1/s1. The minimum atomic E-state index is -0.00750. The number of ether oxygens (including phenoxy) is 1. The lowest BCUT2D eigenvalue weighted by Gasteiger charge is -2.32. The molecule has 4 fully saturated rings. The Morgan fingerprint density at radius 1 is 1.10 bits per heavy atom. The van der Waals surface area contributed by atoms with Crippen LogP contribution in [0.5, 0.6) is 5.75 Å². The van der Waals surface area contributed by atoms with Gasteiger partial charge in [0.2, 0.25) is 5.91 Å². The van der Waals surface area contributed by atoms with Crippen molar-refractivity contribution in [2.75, 3.05) is 19.6 Å². The number of nitrogens with zero attached hydrogens (tertiary/aromatic N) is 1. The van der Waals surface area contributed by atoms with E-state index in [1.54, 1.807) is 0 Å². The van der Waals surface area contributed by atoms with E-state index in [0.29, 0.717) is 28.7 Å². The van der Waals surface area contributed by atoms with E-state index in [-0.39, 0.29) is 17.9 Å². The van der Waals surface area contributed by atoms with Crippen molar-refractivity contribution in [2.24, 2.45) is 29.1 Å². The molecule has 3 saturated carbocycles. The van der Waals surface area contributed by atoms with Gasteiger partial charge in [0.15, 0.2) is 0 Å². The van der Waals surface area contributed by atoms with Crippen molar-refractivity contribution in [1.82, 2.24) is 10.2 Å². The van der Waals surface area contributed by atoms with Gasteiger partial charge in [0, 0.05) is 44.0 Å². The predicted molar refractivity (Wildman–Crippen MR) is 118 cm³/mol. The van der Waals surface area contributed by atoms with Crippen LogP contribution in [0.2, 0.25) is 0 Å². The average molecular weight is 421 g/mol. The number of carbonyl (C=O) groups is 2. The van der Waals surface area contributed by atoms with E-state index in [9.17, 15) is 9.59 Å². The number of rotatable bonds is 6. The molecule has 3 atom stereocenters. The number of nitrogens with one attached hydrogen (secondary N) is 1. The molecule has 6 rings (SSSR count). The number of piperidine rings is 1. The van der Waals surface area contributed by atoms with Gasteiger partial charge in [-0.2, -0.15) is 0 Å². The van der Waals surface area contributed by atoms with Gasteiger partial charge in [-0.1, -0.05) is 18.2 Å². The van der Waals surface area contributed by atoms with Gasteiger partial charge in [-0.15, -0.1) is 0 Å². The van der Waals surface area contributed by atoms with Crippen molar-refractivity contribution >= 4 is 11.8 Å². The molecular weight excluding hydrogens is 388 g/mol. The van der Waals surface area contributed by atoms with Gasteiger partial charge >= 0.3 is 0 Å². The maximum absolute atomic E-state index is 12.8. The Morgan fingerprint density at radius 3 is 2.61 bits per heavy atom. The highest BCUT2D eigenvalue weighted by Gasteiger charge is 2.62. The number of amides is 2. The summed E-state index contributed by atoms with van der Waals surface area (Å²) in [6.45, 7) is 2.32. The lowest BCUT2D eigenvalue weighted by molar-refractivity contribution is -0.134. The molecule has 5 aliphatic rings. The van der Waals surface area contributed by atoms with Crippen LogP contribution in [0.15, 0.2) is 36.4 Å². The molecule has 1 saturated heterocycles. The topological polar surface area (TPSA) is 58.6 Å². The Labute approximate surface area is 184 Å². The van der Waals surface area contributed by atoms with Gasteiger partial charge in [-0.3, -0.25) is 9.59 Å². The van der Waals surface area contributed by atoms with Crippen LogP contribution in [-0.4, -0.2) is 42.5 Å². The highest BCUT2D eigenvalue weighted by Crippen LogP contribution is 2.69. The highest BCUT2D eigenvalue weighted by molar-refractivity contribution is 5.94. The third-order valence-electron chi connectivity index (χ3n) is 8.45. The van der Waals surface area contributed by atoms with E-state index in [2.05, 4.69) is 17.5 Å². The smallest absolute Gasteiger partial charge is 0.251 e. The van der Waals surface area contributed by atoms with Gasteiger partial charge in [0.05, 0.1) is 0 Å². The number of benzene rings is 1. The van der Waals surface area contributed by atoms with Crippen molar-refractivity contribution in [3.05, 3.63) is 42.0 Å². The molecule has 2 amide bonds. The molecule has 5 nitrogen and oxygen atoms in total. The molecule has 1 aromatic carbocycles. The van der Waals surface area contributed by atoms with Crippen LogP contribution < -0.4 is 10.1 Å². The summed E-state index contributed by atoms with van der Waals surface area (Å²) in [6.07, 6.45) is 12.7. The van der Waals surface area contributed by atoms with Crippen LogP contribution in [0.1, 0.15) is 55.3 Å². The van der Waals surface area contributed by atoms with Gasteiger partial charge in [-0.25, -0.2) is 0 Å². The number of allylic oxidation sites excluding steroid dienone is 2. The largest absolute Gasteiger partial charge is 0.490 e. The third-order valence-corrected chi connectivity index (χ3v) is 8.45. The van der Waals surface area contributed by atoms with Crippen LogP contribution in [0.25, 0.3) is 0 Å². The first kappa shape index (κ1) is 19.4. The van der Waals surface area contributed by atoms with Gasteiger partial charge in [0.25, 0.3) is 5.91 Å². The van der Waals surface area contributed by atoms with Crippen LogP contribution in [0, 0.1) is 29.1 Å². The molecule has 4 aliphatic carbocycles. The molecule has 1 aromatic rings. The van der Waals surface area contributed by atoms with Gasteiger partial charge in [0.1, 0.15) is 11.9 Å². The minimum absolute atomic E-state index is 0.00750. The molecular formula is C26H32N2O3. The van der Waals surface area contributed by atoms with E-state index >= 15 is 0 Å². The van der Waals surface area contributed by atoms with E-state index in [0.717, 1.165) is 57.0 Å². The summed E-state index contributed by atoms with van der Waals surface area (Å²) in [5.41, 5.74) is 1.24. The Morgan fingerprint density at radius 2 is 1.90 bits per heavy atom. The fourth-order valence-electron chi connectivity index (χ4n) is 6.37. The Kier molecular flexibility index (Phi) is 4.62. The molecule has 1 heterocycles. The number of carbonyl (C=O) groups excluding carboxylic acids is 2. The van der Waals surface area contributed by atoms with Crippen molar-refractivity contribution in [1.29, 1.82) is 0 Å². The normalized spacial score (nSPS) is 30.6. The number of hydrogen-bond donors (Lipinski definition) is 1. The van der Waals surface area contributed by atoms with E-state index in [1.165, 1.54) is 19.3 Å². The average Bonchev–Trinajstić information content (AvgIpc) is 3.71. The summed E-state index contributed by atoms with van der Waals surface area (Å²) in [7, 11) is 0. The number of likely N-dealkylation sites (tertiary alicyclic amines) is 1. The molecule has 164 valence electrons. The van der Waals surface area contributed by atoms with E-state index in [4.69, 9.17) is 4.74 Å². The first-order valence-corrected chi connectivity index (χ1v) is 12.1. The van der Waals surface area contributed by atoms with E-state index in [1.807, 2.05) is 29.2 Å². The lowest BCUT2D eigenvalue weighted by Crippen LogP contribution is -2.42. The maximum Gasteiger partial charge on any atom is 0.251 e. The monoisotopic (exact) mass is 420 g/mol. The minimum Gasteiger partial charge on any atom is -0.490 e. The van der Waals surface area contributed by atoms with Crippen LogP contribution in [-0.2, 0) is 4.79 Å². The van der Waals surface area contributed by atoms with Gasteiger partial charge < -0.3 is 15.0 Å². The van der Waals surface area contributed by atoms with Crippen LogP contribution in [0.4, 0.5) is 0 Å². The van der Waals surface area contributed by atoms with Crippen molar-refractivity contribution in [2.45, 2.75) is 51.0 Å². The van der Waals surface area contributed by atoms with Crippen LogP contribution >= 0.6 is 0 Å². The van der Waals surface area contributed by atoms with Crippen molar-refractivity contribution in [3.8, 4) is 5.75 Å². The fourth-order valence-corrected chi connectivity index (χ4v) is 6.37. The second-order valence-corrected chi connectivity index (χ2v) is 10.4.